The molecule has 5 heteroatoms. The van der Waals surface area contributed by atoms with Crippen molar-refractivity contribution in [1.82, 2.24) is 4.90 Å². The zero-order valence-corrected chi connectivity index (χ0v) is 5.86. The van der Waals surface area contributed by atoms with E-state index < -0.39 is 7.12 Å². The van der Waals surface area contributed by atoms with Crippen LogP contribution in [0.2, 0.25) is 0 Å². The maximum Gasteiger partial charge on any atom is 0.466 e. The van der Waals surface area contributed by atoms with Gasteiger partial charge >= 0.3 is 7.12 Å². The van der Waals surface area contributed by atoms with Crippen molar-refractivity contribution in [3.63, 3.8) is 0 Å². The van der Waals surface area contributed by atoms with E-state index in [-0.39, 0.29) is 0 Å². The van der Waals surface area contributed by atoms with Crippen molar-refractivity contribution >= 4 is 7.12 Å². The van der Waals surface area contributed by atoms with Crippen LogP contribution in [0.25, 0.3) is 0 Å². The molecule has 0 aromatic heterocycles. The Morgan fingerprint density at radius 2 is 1.90 bits per heavy atom. The molecule has 1 rings (SSSR count). The summed E-state index contributed by atoms with van der Waals surface area (Å²) >= 11 is 0. The van der Waals surface area contributed by atoms with Gasteiger partial charge in [-0.1, -0.05) is 0 Å². The number of rotatable bonds is 2. The lowest BCUT2D eigenvalue weighted by Crippen LogP contribution is -2.42. The van der Waals surface area contributed by atoms with Crippen molar-refractivity contribution in [3.8, 4) is 0 Å². The van der Waals surface area contributed by atoms with Crippen LogP contribution in [-0.4, -0.2) is 54.8 Å². The van der Waals surface area contributed by atoms with Crippen molar-refractivity contribution < 1.29 is 14.8 Å². The van der Waals surface area contributed by atoms with Gasteiger partial charge in [0.1, 0.15) is 0 Å². The predicted octanol–water partition coefficient (Wildman–Crippen LogP) is -1.67. The number of nitrogens with zero attached hydrogens (tertiary/aromatic N) is 1. The monoisotopic (exact) mass is 145 g/mol. The van der Waals surface area contributed by atoms with Gasteiger partial charge < -0.3 is 19.7 Å². The molecule has 2 N–H and O–H groups in total. The van der Waals surface area contributed by atoms with Crippen molar-refractivity contribution in [2.75, 3.05) is 32.7 Å². The van der Waals surface area contributed by atoms with Gasteiger partial charge in [-0.3, -0.25) is 0 Å². The van der Waals surface area contributed by atoms with E-state index in [1.54, 1.807) is 0 Å². The average molecular weight is 145 g/mol. The molecule has 0 amide bonds. The third-order valence-electron chi connectivity index (χ3n) is 1.53. The first-order valence-electron chi connectivity index (χ1n) is 3.45. The second-order valence-corrected chi connectivity index (χ2v) is 2.39. The van der Waals surface area contributed by atoms with E-state index in [1.807, 2.05) is 4.90 Å². The van der Waals surface area contributed by atoms with Gasteiger partial charge in [0.05, 0.1) is 13.2 Å². The van der Waals surface area contributed by atoms with Crippen LogP contribution in [0.1, 0.15) is 0 Å². The van der Waals surface area contributed by atoms with E-state index in [9.17, 15) is 0 Å². The van der Waals surface area contributed by atoms with Gasteiger partial charge in [-0.2, -0.15) is 0 Å². The zero-order valence-electron chi connectivity index (χ0n) is 5.86. The molecule has 0 spiro atoms. The second-order valence-electron chi connectivity index (χ2n) is 2.39. The predicted molar refractivity (Wildman–Crippen MR) is 37.5 cm³/mol. The molecule has 0 saturated carbocycles. The zero-order chi connectivity index (χ0) is 7.40. The van der Waals surface area contributed by atoms with Crippen LogP contribution in [0.4, 0.5) is 0 Å². The van der Waals surface area contributed by atoms with Crippen LogP contribution in [-0.2, 0) is 4.74 Å². The Kier molecular flexibility index (Phi) is 3.14. The molecule has 1 aliphatic rings. The molecular formula is C5H12BNO3. The normalized spacial score (nSPS) is 21.0. The lowest BCUT2D eigenvalue weighted by Gasteiger charge is -2.25. The van der Waals surface area contributed by atoms with Crippen LogP contribution in [0.15, 0.2) is 0 Å². The minimum atomic E-state index is -1.21. The van der Waals surface area contributed by atoms with E-state index in [1.165, 1.54) is 0 Å². The number of hydrogen-bond acceptors (Lipinski definition) is 4. The summed E-state index contributed by atoms with van der Waals surface area (Å²) in [7, 11) is -1.21. The molecule has 0 aliphatic carbocycles. The third kappa shape index (κ3) is 2.66. The van der Waals surface area contributed by atoms with E-state index in [0.717, 1.165) is 13.1 Å². The summed E-state index contributed by atoms with van der Waals surface area (Å²) in [4.78, 5) is 1.97. The number of morpholine rings is 1. The molecule has 4 nitrogen and oxygen atoms in total. The first-order valence-corrected chi connectivity index (χ1v) is 3.45. The van der Waals surface area contributed by atoms with Gasteiger partial charge in [0.15, 0.2) is 0 Å². The molecule has 0 unspecified atom stereocenters. The van der Waals surface area contributed by atoms with Crippen LogP contribution < -0.4 is 0 Å². The van der Waals surface area contributed by atoms with Crippen molar-refractivity contribution in [3.05, 3.63) is 0 Å². The number of ether oxygens (including phenoxy) is 1. The highest BCUT2D eigenvalue weighted by Crippen LogP contribution is 1.95. The van der Waals surface area contributed by atoms with E-state index in [2.05, 4.69) is 0 Å². The van der Waals surface area contributed by atoms with Gasteiger partial charge in [-0.05, 0) is 0 Å². The van der Waals surface area contributed by atoms with Crippen molar-refractivity contribution in [2.45, 2.75) is 0 Å². The molecule has 1 aliphatic heterocycles. The smallest absolute Gasteiger partial charge is 0.426 e. The van der Waals surface area contributed by atoms with Crippen LogP contribution in [0, 0.1) is 0 Å². The Morgan fingerprint density at radius 3 is 2.40 bits per heavy atom. The Hall–Kier alpha value is -0.0951. The summed E-state index contributed by atoms with van der Waals surface area (Å²) in [6.45, 7) is 3.01. The fraction of sp³-hybridized carbons (Fsp3) is 1.00. The highest BCUT2D eigenvalue weighted by molar-refractivity contribution is 6.41. The van der Waals surface area contributed by atoms with Gasteiger partial charge in [0.2, 0.25) is 0 Å². The molecule has 10 heavy (non-hydrogen) atoms. The topological polar surface area (TPSA) is 52.9 Å². The van der Waals surface area contributed by atoms with E-state index in [0.29, 0.717) is 19.7 Å². The Bertz CT molecular complexity index is 94.9. The Balaban J connectivity index is 2.13. The van der Waals surface area contributed by atoms with E-state index >= 15 is 0 Å². The Morgan fingerprint density at radius 1 is 1.30 bits per heavy atom. The quantitative estimate of drug-likeness (QED) is 0.456. The lowest BCUT2D eigenvalue weighted by atomic mass is 9.91. The molecule has 0 atom stereocenters. The molecule has 0 aromatic carbocycles. The molecule has 1 saturated heterocycles. The molecule has 1 heterocycles. The molecular weight excluding hydrogens is 133 g/mol. The van der Waals surface area contributed by atoms with E-state index in [4.69, 9.17) is 14.8 Å². The first-order chi connectivity index (χ1) is 4.79. The summed E-state index contributed by atoms with van der Waals surface area (Å²) < 4.78 is 5.08. The molecule has 58 valence electrons. The van der Waals surface area contributed by atoms with Crippen LogP contribution in [0.3, 0.4) is 0 Å². The average Bonchev–Trinajstić information content (AvgIpc) is 1.88. The second kappa shape index (κ2) is 3.93. The number of hydrogen-bond donors (Lipinski definition) is 2. The molecule has 0 radical (unpaired) electrons. The maximum atomic E-state index is 8.58. The third-order valence-corrected chi connectivity index (χ3v) is 1.53. The Labute approximate surface area is 60.5 Å². The SMILES string of the molecule is OB(O)CN1CCOCC1. The van der Waals surface area contributed by atoms with Crippen molar-refractivity contribution in [1.29, 1.82) is 0 Å². The minimum Gasteiger partial charge on any atom is -0.426 e. The van der Waals surface area contributed by atoms with Crippen LogP contribution >= 0.6 is 0 Å². The summed E-state index contributed by atoms with van der Waals surface area (Å²) in [5.41, 5.74) is 0. The molecule has 0 bridgehead atoms. The van der Waals surface area contributed by atoms with Gasteiger partial charge in [0.25, 0.3) is 0 Å². The standard InChI is InChI=1S/C5H12BNO3/c8-6(9)5-7-1-3-10-4-2-7/h8-9H,1-5H2. The summed E-state index contributed by atoms with van der Waals surface area (Å²) in [6.07, 6.45) is 0.337. The first kappa shape index (κ1) is 8.01. The molecule has 0 aromatic rings. The largest absolute Gasteiger partial charge is 0.466 e. The van der Waals surface area contributed by atoms with Gasteiger partial charge in [-0.25, -0.2) is 0 Å². The van der Waals surface area contributed by atoms with Crippen molar-refractivity contribution in [2.24, 2.45) is 0 Å². The summed E-state index contributed by atoms with van der Waals surface area (Å²) in [6, 6.07) is 0. The maximum absolute atomic E-state index is 8.58. The fourth-order valence-electron chi connectivity index (χ4n) is 1.01. The highest BCUT2D eigenvalue weighted by Gasteiger charge is 2.16. The van der Waals surface area contributed by atoms with Gasteiger partial charge in [0, 0.05) is 19.5 Å². The van der Waals surface area contributed by atoms with Crippen LogP contribution in [0.5, 0.6) is 0 Å². The highest BCUT2D eigenvalue weighted by atomic mass is 16.5. The fourth-order valence-corrected chi connectivity index (χ4v) is 1.01. The van der Waals surface area contributed by atoms with Gasteiger partial charge in [-0.15, -0.1) is 0 Å². The molecule has 1 fully saturated rings. The minimum absolute atomic E-state index is 0.337. The summed E-state index contributed by atoms with van der Waals surface area (Å²) in [5, 5.41) is 17.2. The summed E-state index contributed by atoms with van der Waals surface area (Å²) in [5.74, 6) is 0. The lowest BCUT2D eigenvalue weighted by molar-refractivity contribution is 0.0431.